The Morgan fingerprint density at radius 1 is 1.41 bits per heavy atom. The number of thioether (sulfide) groups is 1. The number of hydrogen-bond donors (Lipinski definition) is 2. The van der Waals surface area contributed by atoms with Crippen molar-refractivity contribution in [1.82, 2.24) is 5.32 Å². The number of nitrogens with one attached hydrogen (secondary N) is 1. The number of hydrogen-bond acceptors (Lipinski definition) is 3. The quantitative estimate of drug-likeness (QED) is 0.816. The fourth-order valence-electron chi connectivity index (χ4n) is 1.61. The summed E-state index contributed by atoms with van der Waals surface area (Å²) in [6.45, 7) is -0.760. The van der Waals surface area contributed by atoms with Gasteiger partial charge in [-0.2, -0.15) is 24.9 Å². The molecule has 0 bridgehead atoms. The lowest BCUT2D eigenvalue weighted by molar-refractivity contribution is -0.201. The van der Waals surface area contributed by atoms with Gasteiger partial charge in [0.15, 0.2) is 6.10 Å². The first-order chi connectivity index (χ1) is 7.89. The molecule has 100 valence electrons. The average Bonchev–Trinajstić information content (AvgIpc) is 2.26. The molecule has 1 aliphatic heterocycles. The molecule has 1 rings (SSSR count). The number of amides is 1. The summed E-state index contributed by atoms with van der Waals surface area (Å²) in [7, 11) is 0. The molecule has 1 atom stereocenters. The Kier molecular flexibility index (Phi) is 5.58. The SMILES string of the molecule is O=C(CC1CCSCC1)NCC(O)C(F)(F)F. The number of aliphatic hydroxyl groups is 1. The molecule has 0 aromatic rings. The Morgan fingerprint density at radius 2 is 2.00 bits per heavy atom. The lowest BCUT2D eigenvalue weighted by Crippen LogP contribution is -2.41. The second kappa shape index (κ2) is 6.49. The summed E-state index contributed by atoms with van der Waals surface area (Å²) in [5.41, 5.74) is 0. The zero-order chi connectivity index (χ0) is 12.9. The number of carbonyl (C=O) groups excluding carboxylic acids is 1. The molecule has 0 aromatic carbocycles. The van der Waals surface area contributed by atoms with E-state index in [4.69, 9.17) is 5.11 Å². The average molecular weight is 271 g/mol. The predicted molar refractivity (Wildman–Crippen MR) is 59.7 cm³/mol. The van der Waals surface area contributed by atoms with E-state index >= 15 is 0 Å². The number of aliphatic hydroxyl groups excluding tert-OH is 1. The molecule has 0 aliphatic carbocycles. The number of alkyl halides is 3. The largest absolute Gasteiger partial charge is 0.416 e. The van der Waals surface area contributed by atoms with Gasteiger partial charge in [-0.1, -0.05) is 0 Å². The molecule has 1 fully saturated rings. The molecule has 2 N–H and O–H groups in total. The zero-order valence-corrected chi connectivity index (χ0v) is 10.1. The normalized spacial score (nSPS) is 20.0. The fourth-order valence-corrected chi connectivity index (χ4v) is 2.82. The summed E-state index contributed by atoms with van der Waals surface area (Å²) in [6, 6.07) is 0. The van der Waals surface area contributed by atoms with Crippen molar-refractivity contribution in [2.75, 3.05) is 18.1 Å². The van der Waals surface area contributed by atoms with Gasteiger partial charge in [-0.3, -0.25) is 4.79 Å². The predicted octanol–water partition coefficient (Wildman–Crippen LogP) is 1.56. The lowest BCUT2D eigenvalue weighted by atomic mass is 9.98. The van der Waals surface area contributed by atoms with E-state index in [0.717, 1.165) is 24.3 Å². The van der Waals surface area contributed by atoms with Crippen molar-refractivity contribution < 1.29 is 23.1 Å². The van der Waals surface area contributed by atoms with Crippen molar-refractivity contribution in [1.29, 1.82) is 0 Å². The molecule has 1 unspecified atom stereocenters. The second-order valence-electron chi connectivity index (χ2n) is 4.12. The molecule has 7 heteroatoms. The van der Waals surface area contributed by atoms with Crippen LogP contribution < -0.4 is 5.32 Å². The Bertz CT molecular complexity index is 254. The van der Waals surface area contributed by atoms with Gasteiger partial charge >= 0.3 is 6.18 Å². The fraction of sp³-hybridized carbons (Fsp3) is 0.900. The molecular weight excluding hydrogens is 255 g/mol. The van der Waals surface area contributed by atoms with E-state index in [1.165, 1.54) is 0 Å². The molecule has 1 amide bonds. The Labute approximate surface area is 102 Å². The van der Waals surface area contributed by atoms with Gasteiger partial charge in [0.1, 0.15) is 0 Å². The van der Waals surface area contributed by atoms with Crippen LogP contribution in [-0.2, 0) is 4.79 Å². The third-order valence-corrected chi connectivity index (χ3v) is 3.73. The van der Waals surface area contributed by atoms with E-state index in [2.05, 4.69) is 5.32 Å². The van der Waals surface area contributed by atoms with Crippen LogP contribution in [0.3, 0.4) is 0 Å². The Morgan fingerprint density at radius 3 is 2.53 bits per heavy atom. The highest BCUT2D eigenvalue weighted by atomic mass is 32.2. The van der Waals surface area contributed by atoms with E-state index in [9.17, 15) is 18.0 Å². The van der Waals surface area contributed by atoms with Crippen molar-refractivity contribution >= 4 is 17.7 Å². The Hall–Kier alpha value is -0.430. The summed E-state index contributed by atoms with van der Waals surface area (Å²) >= 11 is 1.83. The lowest BCUT2D eigenvalue weighted by Gasteiger charge is -2.21. The van der Waals surface area contributed by atoms with Crippen molar-refractivity contribution in [3.63, 3.8) is 0 Å². The van der Waals surface area contributed by atoms with Crippen LogP contribution in [0.1, 0.15) is 19.3 Å². The number of carbonyl (C=O) groups is 1. The van der Waals surface area contributed by atoms with Gasteiger partial charge in [0.2, 0.25) is 5.91 Å². The van der Waals surface area contributed by atoms with Crippen LogP contribution in [0.5, 0.6) is 0 Å². The van der Waals surface area contributed by atoms with Gasteiger partial charge in [0, 0.05) is 6.42 Å². The standard InChI is InChI=1S/C10H16F3NO2S/c11-10(12,13)8(15)6-14-9(16)5-7-1-3-17-4-2-7/h7-8,15H,1-6H2,(H,14,16). The molecule has 17 heavy (non-hydrogen) atoms. The van der Waals surface area contributed by atoms with Gasteiger partial charge in [-0.15, -0.1) is 0 Å². The highest BCUT2D eigenvalue weighted by Gasteiger charge is 2.38. The maximum atomic E-state index is 12.0. The van der Waals surface area contributed by atoms with Crippen LogP contribution in [0.2, 0.25) is 0 Å². The van der Waals surface area contributed by atoms with Gasteiger partial charge in [-0.05, 0) is 30.3 Å². The third-order valence-electron chi connectivity index (χ3n) is 2.69. The third kappa shape index (κ3) is 5.63. The minimum Gasteiger partial charge on any atom is -0.382 e. The monoisotopic (exact) mass is 271 g/mol. The highest BCUT2D eigenvalue weighted by molar-refractivity contribution is 7.99. The molecular formula is C10H16F3NO2S. The first-order valence-corrected chi connectivity index (χ1v) is 6.64. The van der Waals surface area contributed by atoms with E-state index < -0.39 is 24.7 Å². The Balaban J connectivity index is 2.20. The minimum absolute atomic E-state index is 0.255. The molecule has 0 saturated carbocycles. The first kappa shape index (κ1) is 14.6. The van der Waals surface area contributed by atoms with Crippen molar-refractivity contribution in [2.45, 2.75) is 31.5 Å². The van der Waals surface area contributed by atoms with E-state index in [0.29, 0.717) is 0 Å². The topological polar surface area (TPSA) is 49.3 Å². The van der Waals surface area contributed by atoms with E-state index in [1.54, 1.807) is 0 Å². The molecule has 1 aliphatic rings. The second-order valence-corrected chi connectivity index (χ2v) is 5.35. The summed E-state index contributed by atoms with van der Waals surface area (Å²) in [6.07, 6.45) is -5.03. The highest BCUT2D eigenvalue weighted by Crippen LogP contribution is 2.25. The summed E-state index contributed by atoms with van der Waals surface area (Å²) < 4.78 is 35.9. The summed E-state index contributed by atoms with van der Waals surface area (Å²) in [4.78, 5) is 11.3. The zero-order valence-electron chi connectivity index (χ0n) is 9.29. The van der Waals surface area contributed by atoms with Crippen LogP contribution in [0.4, 0.5) is 13.2 Å². The molecule has 0 aromatic heterocycles. The van der Waals surface area contributed by atoms with Gasteiger partial charge in [0.05, 0.1) is 6.54 Å². The van der Waals surface area contributed by atoms with Crippen LogP contribution in [0, 0.1) is 5.92 Å². The molecule has 1 saturated heterocycles. The number of halogens is 3. The minimum atomic E-state index is -4.67. The maximum absolute atomic E-state index is 12.0. The molecule has 1 heterocycles. The molecule has 0 spiro atoms. The van der Waals surface area contributed by atoms with Gasteiger partial charge in [-0.25, -0.2) is 0 Å². The molecule has 3 nitrogen and oxygen atoms in total. The summed E-state index contributed by atoms with van der Waals surface area (Å²) in [5, 5.41) is 10.8. The van der Waals surface area contributed by atoms with Gasteiger partial charge in [0.25, 0.3) is 0 Å². The summed E-state index contributed by atoms with van der Waals surface area (Å²) in [5.74, 6) is 1.86. The van der Waals surface area contributed by atoms with Crippen molar-refractivity contribution in [3.05, 3.63) is 0 Å². The van der Waals surface area contributed by atoms with Crippen LogP contribution in [0.15, 0.2) is 0 Å². The van der Waals surface area contributed by atoms with Crippen LogP contribution in [-0.4, -0.2) is 41.3 Å². The van der Waals surface area contributed by atoms with Gasteiger partial charge < -0.3 is 10.4 Å². The first-order valence-electron chi connectivity index (χ1n) is 5.49. The van der Waals surface area contributed by atoms with Crippen LogP contribution in [0.25, 0.3) is 0 Å². The van der Waals surface area contributed by atoms with Crippen LogP contribution >= 0.6 is 11.8 Å². The van der Waals surface area contributed by atoms with Crippen molar-refractivity contribution in [2.24, 2.45) is 5.92 Å². The van der Waals surface area contributed by atoms with E-state index in [-0.39, 0.29) is 12.3 Å². The van der Waals surface area contributed by atoms with E-state index in [1.807, 2.05) is 11.8 Å². The number of rotatable bonds is 4. The smallest absolute Gasteiger partial charge is 0.382 e. The van der Waals surface area contributed by atoms with Crippen molar-refractivity contribution in [3.8, 4) is 0 Å². The molecule has 0 radical (unpaired) electrons. The maximum Gasteiger partial charge on any atom is 0.416 e.